The van der Waals surface area contributed by atoms with E-state index in [1.54, 1.807) is 0 Å². The fraction of sp³-hybridized carbons (Fsp3) is 0.167. The lowest BCUT2D eigenvalue weighted by Crippen LogP contribution is -2.19. The molecule has 0 aliphatic heterocycles. The van der Waals surface area contributed by atoms with Crippen molar-refractivity contribution in [3.63, 3.8) is 0 Å². The van der Waals surface area contributed by atoms with Crippen LogP contribution in [0.5, 0.6) is 0 Å². The van der Waals surface area contributed by atoms with Crippen LogP contribution in [0.15, 0.2) is 24.4 Å². The van der Waals surface area contributed by atoms with Gasteiger partial charge in [-0.3, -0.25) is 0 Å². The molecule has 1 aromatic carbocycles. The van der Waals surface area contributed by atoms with E-state index in [1.165, 1.54) is 12.3 Å². The molecule has 0 aliphatic rings. The number of halogens is 4. The minimum absolute atomic E-state index is 0.0772. The Morgan fingerprint density at radius 3 is 2.50 bits per heavy atom. The molecule has 2 N–H and O–H groups in total. The molecule has 0 saturated carbocycles. The van der Waals surface area contributed by atoms with Gasteiger partial charge >= 0.3 is 0 Å². The Bertz CT molecular complexity index is 607. The lowest BCUT2D eigenvalue weighted by molar-refractivity contribution is 0.270. The molecular formula is C12H9Cl2F2N3O. The van der Waals surface area contributed by atoms with E-state index in [0.717, 1.165) is 12.1 Å². The number of aliphatic hydroxyl groups excluding tert-OH is 1. The summed E-state index contributed by atoms with van der Waals surface area (Å²) >= 11 is 11.5. The summed E-state index contributed by atoms with van der Waals surface area (Å²) in [5.74, 6) is -1.49. The molecule has 20 heavy (non-hydrogen) atoms. The Morgan fingerprint density at radius 2 is 1.90 bits per heavy atom. The molecule has 1 unspecified atom stereocenters. The number of rotatable bonds is 4. The van der Waals surface area contributed by atoms with E-state index in [9.17, 15) is 13.9 Å². The summed E-state index contributed by atoms with van der Waals surface area (Å²) in [5.41, 5.74) is -0.305. The summed E-state index contributed by atoms with van der Waals surface area (Å²) in [7, 11) is 0. The molecule has 0 fully saturated rings. The van der Waals surface area contributed by atoms with Crippen molar-refractivity contribution in [1.29, 1.82) is 0 Å². The number of nitrogens with zero attached hydrogens (tertiary/aromatic N) is 2. The number of benzene rings is 1. The number of anilines is 1. The fourth-order valence-electron chi connectivity index (χ4n) is 1.66. The molecule has 0 aliphatic carbocycles. The van der Waals surface area contributed by atoms with Gasteiger partial charge in [-0.2, -0.15) is 4.98 Å². The average Bonchev–Trinajstić information content (AvgIpc) is 2.41. The summed E-state index contributed by atoms with van der Waals surface area (Å²) in [6, 6.07) is 2.37. The van der Waals surface area contributed by atoms with Gasteiger partial charge in [0, 0.05) is 5.56 Å². The summed E-state index contributed by atoms with van der Waals surface area (Å²) < 4.78 is 27.4. The quantitative estimate of drug-likeness (QED) is 0.850. The van der Waals surface area contributed by atoms with E-state index < -0.39 is 24.3 Å². The highest BCUT2D eigenvalue weighted by molar-refractivity contribution is 6.33. The molecule has 4 nitrogen and oxygen atoms in total. The first-order valence-electron chi connectivity index (χ1n) is 5.52. The Balaban J connectivity index is 2.36. The van der Waals surface area contributed by atoms with E-state index in [4.69, 9.17) is 23.2 Å². The molecule has 0 amide bonds. The van der Waals surface area contributed by atoms with Crippen LogP contribution in [-0.2, 0) is 0 Å². The van der Waals surface area contributed by atoms with Crippen LogP contribution in [-0.4, -0.2) is 21.7 Å². The van der Waals surface area contributed by atoms with Gasteiger partial charge in [0.05, 0.1) is 18.8 Å². The number of hydrogen-bond acceptors (Lipinski definition) is 4. The zero-order chi connectivity index (χ0) is 14.7. The van der Waals surface area contributed by atoms with Gasteiger partial charge in [0.15, 0.2) is 0 Å². The minimum Gasteiger partial charge on any atom is -0.394 e. The normalized spacial score (nSPS) is 12.2. The Morgan fingerprint density at radius 1 is 1.25 bits per heavy atom. The van der Waals surface area contributed by atoms with Crippen LogP contribution in [0.3, 0.4) is 0 Å². The monoisotopic (exact) mass is 319 g/mol. The SMILES string of the molecule is OCC(Nc1nc(Cl)ncc1Cl)c1c(F)cccc1F. The maximum Gasteiger partial charge on any atom is 0.224 e. The molecule has 1 atom stereocenters. The predicted octanol–water partition coefficient (Wildman–Crippen LogP) is 3.21. The molecule has 1 aromatic heterocycles. The number of hydrogen-bond donors (Lipinski definition) is 2. The second-order valence-electron chi connectivity index (χ2n) is 3.85. The van der Waals surface area contributed by atoms with Crippen molar-refractivity contribution in [1.82, 2.24) is 9.97 Å². The van der Waals surface area contributed by atoms with Gasteiger partial charge in [-0.25, -0.2) is 13.8 Å². The molecule has 0 radical (unpaired) electrons. The lowest BCUT2D eigenvalue weighted by atomic mass is 10.1. The van der Waals surface area contributed by atoms with Crippen LogP contribution in [0.2, 0.25) is 10.3 Å². The third-order valence-corrected chi connectivity index (χ3v) is 3.02. The van der Waals surface area contributed by atoms with Crippen molar-refractivity contribution in [2.24, 2.45) is 0 Å². The second-order valence-corrected chi connectivity index (χ2v) is 4.60. The highest BCUT2D eigenvalue weighted by Gasteiger charge is 2.21. The maximum atomic E-state index is 13.7. The molecule has 106 valence electrons. The van der Waals surface area contributed by atoms with Crippen molar-refractivity contribution in [3.05, 3.63) is 51.9 Å². The molecule has 0 saturated heterocycles. The van der Waals surface area contributed by atoms with E-state index in [0.29, 0.717) is 0 Å². The smallest absolute Gasteiger partial charge is 0.224 e. The van der Waals surface area contributed by atoms with E-state index >= 15 is 0 Å². The Hall–Kier alpha value is -1.50. The highest BCUT2D eigenvalue weighted by atomic mass is 35.5. The van der Waals surface area contributed by atoms with Crippen LogP contribution >= 0.6 is 23.2 Å². The van der Waals surface area contributed by atoms with Crippen molar-refractivity contribution >= 4 is 29.0 Å². The lowest BCUT2D eigenvalue weighted by Gasteiger charge is -2.19. The van der Waals surface area contributed by atoms with Gasteiger partial charge in [0.25, 0.3) is 0 Å². The van der Waals surface area contributed by atoms with Crippen LogP contribution in [0.25, 0.3) is 0 Å². The number of aromatic nitrogens is 2. The predicted molar refractivity (Wildman–Crippen MR) is 71.9 cm³/mol. The first-order chi connectivity index (χ1) is 9.52. The van der Waals surface area contributed by atoms with E-state index in [2.05, 4.69) is 15.3 Å². The molecule has 0 bridgehead atoms. The summed E-state index contributed by atoms with van der Waals surface area (Å²) in [6.45, 7) is -0.560. The van der Waals surface area contributed by atoms with Crippen LogP contribution in [0, 0.1) is 11.6 Å². The first-order valence-corrected chi connectivity index (χ1v) is 6.28. The molecule has 8 heteroatoms. The molecule has 2 rings (SSSR count). The zero-order valence-electron chi connectivity index (χ0n) is 9.95. The number of nitrogens with one attached hydrogen (secondary N) is 1. The Kier molecular flexibility index (Phi) is 4.69. The fourth-order valence-corrected chi connectivity index (χ4v) is 1.94. The first kappa shape index (κ1) is 14.9. The number of aliphatic hydroxyl groups is 1. The van der Waals surface area contributed by atoms with E-state index in [-0.39, 0.29) is 21.7 Å². The minimum atomic E-state index is -1.06. The maximum absolute atomic E-state index is 13.7. The standard InChI is InChI=1S/C12H9Cl2F2N3O/c13-6-4-17-12(14)19-11(6)18-9(5-20)10-7(15)2-1-3-8(10)16/h1-4,9,20H,5H2,(H,17,18,19). The van der Waals surface area contributed by atoms with Crippen LogP contribution < -0.4 is 5.32 Å². The van der Waals surface area contributed by atoms with Gasteiger partial charge in [-0.15, -0.1) is 0 Å². The summed E-state index contributed by atoms with van der Waals surface area (Å²) in [5, 5.41) is 12.0. The third-order valence-electron chi connectivity index (χ3n) is 2.56. The van der Waals surface area contributed by atoms with Crippen molar-refractivity contribution in [2.45, 2.75) is 6.04 Å². The summed E-state index contributed by atoms with van der Waals surface area (Å²) in [6.07, 6.45) is 1.24. The van der Waals surface area contributed by atoms with Gasteiger partial charge in [-0.1, -0.05) is 17.7 Å². The van der Waals surface area contributed by atoms with Gasteiger partial charge in [0.1, 0.15) is 22.5 Å². The van der Waals surface area contributed by atoms with Crippen molar-refractivity contribution in [3.8, 4) is 0 Å². The van der Waals surface area contributed by atoms with Gasteiger partial charge < -0.3 is 10.4 Å². The topological polar surface area (TPSA) is 58.0 Å². The molecule has 2 aromatic rings. The molecular weight excluding hydrogens is 311 g/mol. The third kappa shape index (κ3) is 3.15. The zero-order valence-corrected chi connectivity index (χ0v) is 11.5. The van der Waals surface area contributed by atoms with Gasteiger partial charge in [0.2, 0.25) is 5.28 Å². The second kappa shape index (κ2) is 6.30. The van der Waals surface area contributed by atoms with Gasteiger partial charge in [-0.05, 0) is 23.7 Å². The summed E-state index contributed by atoms with van der Waals surface area (Å²) in [4.78, 5) is 7.45. The molecule has 0 spiro atoms. The van der Waals surface area contributed by atoms with Crippen molar-refractivity contribution in [2.75, 3.05) is 11.9 Å². The van der Waals surface area contributed by atoms with Crippen LogP contribution in [0.4, 0.5) is 14.6 Å². The average molecular weight is 320 g/mol. The Labute approximate surface area is 123 Å². The van der Waals surface area contributed by atoms with E-state index in [1.807, 2.05) is 0 Å². The largest absolute Gasteiger partial charge is 0.394 e. The van der Waals surface area contributed by atoms with Crippen LogP contribution in [0.1, 0.15) is 11.6 Å². The molecule has 1 heterocycles. The highest BCUT2D eigenvalue weighted by Crippen LogP contribution is 2.27. The van der Waals surface area contributed by atoms with Crippen molar-refractivity contribution < 1.29 is 13.9 Å².